The van der Waals surface area contributed by atoms with Crippen LogP contribution in [-0.2, 0) is 6.42 Å². The highest BCUT2D eigenvalue weighted by molar-refractivity contribution is 5.81. The zero-order chi connectivity index (χ0) is 9.26. The van der Waals surface area contributed by atoms with Gasteiger partial charge in [-0.05, 0) is 18.7 Å². The van der Waals surface area contributed by atoms with Gasteiger partial charge in [-0.25, -0.2) is 4.98 Å². The number of benzene rings is 1. The van der Waals surface area contributed by atoms with Crippen LogP contribution >= 0.6 is 0 Å². The summed E-state index contributed by atoms with van der Waals surface area (Å²) in [5.74, 6) is 1.02. The van der Waals surface area contributed by atoms with E-state index in [1.165, 1.54) is 0 Å². The van der Waals surface area contributed by atoms with Crippen molar-refractivity contribution in [2.75, 3.05) is 6.54 Å². The number of imidazole rings is 1. The molecule has 0 aliphatic heterocycles. The van der Waals surface area contributed by atoms with E-state index in [1.807, 2.05) is 6.07 Å². The van der Waals surface area contributed by atoms with Gasteiger partial charge < -0.3 is 15.8 Å². The number of para-hydroxylation sites is 1. The molecule has 0 bridgehead atoms. The zero-order valence-electron chi connectivity index (χ0n) is 7.12. The Bertz CT molecular complexity index is 422. The number of nitrogens with two attached hydrogens (primary N) is 1. The lowest BCUT2D eigenvalue weighted by Crippen LogP contribution is -2.03. The summed E-state index contributed by atoms with van der Waals surface area (Å²) >= 11 is 0. The molecule has 0 aliphatic rings. The highest BCUT2D eigenvalue weighted by atomic mass is 16.3. The Morgan fingerprint density at radius 1 is 1.46 bits per heavy atom. The Kier molecular flexibility index (Phi) is 1.90. The Morgan fingerprint density at radius 3 is 3.00 bits per heavy atom. The first-order valence-corrected chi connectivity index (χ1v) is 4.18. The fraction of sp³-hybridized carbons (Fsp3) is 0.222. The fourth-order valence-corrected chi connectivity index (χ4v) is 1.32. The number of nitrogens with zero attached hydrogens (tertiary/aromatic N) is 1. The minimum absolute atomic E-state index is 0.206. The molecule has 0 saturated carbocycles. The predicted molar refractivity (Wildman–Crippen MR) is 50.5 cm³/mol. The van der Waals surface area contributed by atoms with E-state index in [4.69, 9.17) is 5.73 Å². The lowest BCUT2D eigenvalue weighted by molar-refractivity contribution is 0.480. The summed E-state index contributed by atoms with van der Waals surface area (Å²) in [5.41, 5.74) is 6.86. The van der Waals surface area contributed by atoms with Crippen LogP contribution in [-0.4, -0.2) is 21.6 Å². The van der Waals surface area contributed by atoms with Crippen molar-refractivity contribution in [2.24, 2.45) is 5.73 Å². The molecular weight excluding hydrogens is 166 g/mol. The Balaban J connectivity index is 2.55. The normalized spacial score (nSPS) is 10.8. The summed E-state index contributed by atoms with van der Waals surface area (Å²) in [6.45, 7) is 0.556. The van der Waals surface area contributed by atoms with Crippen LogP contribution in [0.2, 0.25) is 0 Å². The lowest BCUT2D eigenvalue weighted by Gasteiger charge is -1.89. The smallest absolute Gasteiger partial charge is 0.143 e. The van der Waals surface area contributed by atoms with E-state index in [-0.39, 0.29) is 5.75 Å². The molecule has 4 N–H and O–H groups in total. The maximum absolute atomic E-state index is 9.44. The van der Waals surface area contributed by atoms with Crippen molar-refractivity contribution in [3.63, 3.8) is 0 Å². The summed E-state index contributed by atoms with van der Waals surface area (Å²) < 4.78 is 0. The largest absolute Gasteiger partial charge is 0.506 e. The van der Waals surface area contributed by atoms with E-state index in [1.54, 1.807) is 12.1 Å². The predicted octanol–water partition coefficient (Wildman–Crippen LogP) is 0.770. The van der Waals surface area contributed by atoms with Crippen molar-refractivity contribution < 1.29 is 5.11 Å². The average Bonchev–Trinajstić information content (AvgIpc) is 2.49. The third-order valence-electron chi connectivity index (χ3n) is 1.92. The molecule has 0 unspecified atom stereocenters. The van der Waals surface area contributed by atoms with Crippen LogP contribution in [0.25, 0.3) is 11.0 Å². The van der Waals surface area contributed by atoms with Gasteiger partial charge in [0.25, 0.3) is 0 Å². The SMILES string of the molecule is NCCc1nc2c(O)cccc2[nH]1. The van der Waals surface area contributed by atoms with Crippen LogP contribution in [0.15, 0.2) is 18.2 Å². The number of rotatable bonds is 2. The molecule has 1 heterocycles. The standard InChI is InChI=1S/C9H11N3O/c10-5-4-8-11-6-2-1-3-7(13)9(6)12-8/h1-3,13H,4-5,10H2,(H,11,12). The number of hydrogen-bond donors (Lipinski definition) is 3. The zero-order valence-corrected chi connectivity index (χ0v) is 7.12. The summed E-state index contributed by atoms with van der Waals surface area (Å²) in [6.07, 6.45) is 0.703. The quantitative estimate of drug-likeness (QED) is 0.634. The second-order valence-electron chi connectivity index (χ2n) is 2.90. The Morgan fingerprint density at radius 2 is 2.31 bits per heavy atom. The number of phenolic OH excluding ortho intramolecular Hbond substituents is 1. The van der Waals surface area contributed by atoms with E-state index >= 15 is 0 Å². The minimum Gasteiger partial charge on any atom is -0.506 e. The summed E-state index contributed by atoms with van der Waals surface area (Å²) in [4.78, 5) is 7.30. The molecule has 0 fully saturated rings. The number of aromatic amines is 1. The molecule has 0 saturated heterocycles. The summed E-state index contributed by atoms with van der Waals surface area (Å²) in [6, 6.07) is 5.28. The van der Waals surface area contributed by atoms with Crippen LogP contribution < -0.4 is 5.73 Å². The van der Waals surface area contributed by atoms with Crippen molar-refractivity contribution in [2.45, 2.75) is 6.42 Å². The van der Waals surface area contributed by atoms with Crippen LogP contribution in [0.4, 0.5) is 0 Å². The summed E-state index contributed by atoms with van der Waals surface area (Å²) in [5, 5.41) is 9.44. The van der Waals surface area contributed by atoms with Crippen LogP contribution in [0, 0.1) is 0 Å². The van der Waals surface area contributed by atoms with Crippen molar-refractivity contribution in [3.05, 3.63) is 24.0 Å². The van der Waals surface area contributed by atoms with Crippen LogP contribution in [0.5, 0.6) is 5.75 Å². The van der Waals surface area contributed by atoms with Gasteiger partial charge in [0.15, 0.2) is 0 Å². The van der Waals surface area contributed by atoms with Gasteiger partial charge in [-0.15, -0.1) is 0 Å². The molecule has 2 aromatic rings. The van der Waals surface area contributed by atoms with Crippen molar-refractivity contribution in [1.82, 2.24) is 9.97 Å². The molecule has 13 heavy (non-hydrogen) atoms. The minimum atomic E-state index is 0.206. The van der Waals surface area contributed by atoms with E-state index in [0.717, 1.165) is 11.3 Å². The Hall–Kier alpha value is -1.55. The second kappa shape index (κ2) is 3.06. The van der Waals surface area contributed by atoms with Crippen molar-refractivity contribution in [1.29, 1.82) is 0 Å². The molecule has 0 radical (unpaired) electrons. The molecule has 1 aromatic heterocycles. The molecule has 1 aromatic carbocycles. The van der Waals surface area contributed by atoms with Gasteiger partial charge in [0.1, 0.15) is 17.1 Å². The fourth-order valence-electron chi connectivity index (χ4n) is 1.32. The number of aromatic nitrogens is 2. The molecule has 68 valence electrons. The van der Waals surface area contributed by atoms with Gasteiger partial charge in [0.2, 0.25) is 0 Å². The van der Waals surface area contributed by atoms with E-state index in [9.17, 15) is 5.11 Å². The van der Waals surface area contributed by atoms with E-state index < -0.39 is 0 Å². The van der Waals surface area contributed by atoms with E-state index in [2.05, 4.69) is 9.97 Å². The molecule has 4 heteroatoms. The highest BCUT2D eigenvalue weighted by Gasteiger charge is 2.04. The van der Waals surface area contributed by atoms with Gasteiger partial charge in [0, 0.05) is 6.42 Å². The van der Waals surface area contributed by atoms with Gasteiger partial charge in [0.05, 0.1) is 5.52 Å². The Labute approximate surface area is 75.4 Å². The number of phenols is 1. The monoisotopic (exact) mass is 177 g/mol. The number of H-pyrrole nitrogens is 1. The van der Waals surface area contributed by atoms with Crippen molar-refractivity contribution in [3.8, 4) is 5.75 Å². The molecule has 4 nitrogen and oxygen atoms in total. The first-order chi connectivity index (χ1) is 6.31. The lowest BCUT2D eigenvalue weighted by atomic mass is 10.3. The molecule has 0 aliphatic carbocycles. The van der Waals surface area contributed by atoms with Gasteiger partial charge >= 0.3 is 0 Å². The van der Waals surface area contributed by atoms with E-state index in [0.29, 0.717) is 18.5 Å². The van der Waals surface area contributed by atoms with Crippen LogP contribution in [0.1, 0.15) is 5.82 Å². The molecule has 0 atom stereocenters. The number of nitrogens with one attached hydrogen (secondary N) is 1. The third-order valence-corrected chi connectivity index (χ3v) is 1.92. The van der Waals surface area contributed by atoms with Gasteiger partial charge in [-0.2, -0.15) is 0 Å². The molecule has 0 spiro atoms. The first kappa shape index (κ1) is 8.07. The topological polar surface area (TPSA) is 74.9 Å². The molecule has 2 rings (SSSR count). The third kappa shape index (κ3) is 1.36. The first-order valence-electron chi connectivity index (χ1n) is 4.18. The average molecular weight is 177 g/mol. The van der Waals surface area contributed by atoms with Gasteiger partial charge in [-0.1, -0.05) is 6.07 Å². The van der Waals surface area contributed by atoms with Crippen molar-refractivity contribution >= 4 is 11.0 Å². The highest BCUT2D eigenvalue weighted by Crippen LogP contribution is 2.21. The molecule has 0 amide bonds. The number of aromatic hydroxyl groups is 1. The second-order valence-corrected chi connectivity index (χ2v) is 2.90. The number of hydrogen-bond acceptors (Lipinski definition) is 3. The summed E-state index contributed by atoms with van der Waals surface area (Å²) in [7, 11) is 0. The molecular formula is C9H11N3O. The van der Waals surface area contributed by atoms with Gasteiger partial charge in [-0.3, -0.25) is 0 Å². The number of fused-ring (bicyclic) bond motifs is 1. The maximum Gasteiger partial charge on any atom is 0.143 e. The maximum atomic E-state index is 9.44. The van der Waals surface area contributed by atoms with Crippen LogP contribution in [0.3, 0.4) is 0 Å².